The van der Waals surface area contributed by atoms with Crippen LogP contribution < -0.4 is 10.1 Å². The van der Waals surface area contributed by atoms with Gasteiger partial charge >= 0.3 is 0 Å². The van der Waals surface area contributed by atoms with Gasteiger partial charge in [-0.3, -0.25) is 0 Å². The molecule has 1 N–H and O–H groups in total. The minimum absolute atomic E-state index is 0.235. The first kappa shape index (κ1) is 15.3. The summed E-state index contributed by atoms with van der Waals surface area (Å²) in [5.41, 5.74) is 0.295. The quantitative estimate of drug-likeness (QED) is 0.828. The second-order valence-electron chi connectivity index (χ2n) is 6.36. The van der Waals surface area contributed by atoms with Crippen LogP contribution in [0.2, 0.25) is 0 Å². The number of hydrogen-bond donors (Lipinski definition) is 1. The van der Waals surface area contributed by atoms with Crippen molar-refractivity contribution in [1.29, 1.82) is 0 Å². The summed E-state index contributed by atoms with van der Waals surface area (Å²) in [6, 6.07) is 5.26. The molecule has 21 heavy (non-hydrogen) atoms. The predicted molar refractivity (Wildman–Crippen MR) is 86.1 cm³/mol. The molecule has 0 saturated heterocycles. The highest BCUT2D eigenvalue weighted by Gasteiger charge is 2.57. The number of ether oxygens (including phenoxy) is 1. The smallest absolute Gasteiger partial charge is 0.134 e. The molecule has 0 aromatic heterocycles. The number of rotatable bonds is 5. The Kier molecular flexibility index (Phi) is 4.55. The summed E-state index contributed by atoms with van der Waals surface area (Å²) in [6.45, 7) is 3.29. The molecule has 2 aliphatic carbocycles. The second-order valence-corrected chi connectivity index (χ2v) is 7.22. The van der Waals surface area contributed by atoms with Gasteiger partial charge in [0, 0.05) is 17.9 Å². The molecule has 2 nitrogen and oxygen atoms in total. The third kappa shape index (κ3) is 2.85. The van der Waals surface area contributed by atoms with E-state index in [1.807, 2.05) is 0 Å². The monoisotopic (exact) mass is 355 g/mol. The van der Waals surface area contributed by atoms with Gasteiger partial charge in [-0.2, -0.15) is 0 Å². The Morgan fingerprint density at radius 2 is 2.14 bits per heavy atom. The highest BCUT2D eigenvalue weighted by atomic mass is 79.9. The lowest BCUT2D eigenvalue weighted by atomic mass is 9.60. The van der Waals surface area contributed by atoms with Gasteiger partial charge in [-0.15, -0.1) is 0 Å². The Labute approximate surface area is 134 Å². The minimum atomic E-state index is -0.235. The van der Waals surface area contributed by atoms with E-state index < -0.39 is 0 Å². The molecular formula is C17H23BrFNO. The van der Waals surface area contributed by atoms with Crippen LogP contribution >= 0.6 is 15.9 Å². The Morgan fingerprint density at radius 3 is 2.81 bits per heavy atom. The van der Waals surface area contributed by atoms with Crippen molar-refractivity contribution in [3.8, 4) is 5.75 Å². The van der Waals surface area contributed by atoms with E-state index in [2.05, 4.69) is 28.2 Å². The van der Waals surface area contributed by atoms with Crippen molar-refractivity contribution in [2.45, 2.75) is 57.6 Å². The third-order valence-electron chi connectivity index (χ3n) is 5.12. The molecule has 2 atom stereocenters. The minimum Gasteiger partial charge on any atom is -0.489 e. The largest absolute Gasteiger partial charge is 0.489 e. The summed E-state index contributed by atoms with van der Waals surface area (Å²) < 4.78 is 20.1. The standard InChI is InChI=1S/C17H23BrFNO/c1-2-9-20-15-11-16(17(15)7-3-4-8-17)21-14-6-5-12(19)10-13(14)18/h5-6,10,15-16,20H,2-4,7-9,11H2,1H3. The average Bonchev–Trinajstić information content (AvgIpc) is 2.96. The van der Waals surface area contributed by atoms with Gasteiger partial charge in [0.1, 0.15) is 17.7 Å². The summed E-state index contributed by atoms with van der Waals surface area (Å²) in [5, 5.41) is 3.69. The first-order valence-electron chi connectivity index (χ1n) is 8.01. The van der Waals surface area contributed by atoms with Crippen molar-refractivity contribution < 1.29 is 9.13 Å². The lowest BCUT2D eigenvalue weighted by molar-refractivity contribution is -0.0763. The molecule has 2 fully saturated rings. The molecule has 0 amide bonds. The molecule has 2 aliphatic rings. The molecule has 0 radical (unpaired) electrons. The van der Waals surface area contributed by atoms with Crippen LogP contribution in [-0.2, 0) is 0 Å². The SMILES string of the molecule is CCCNC1CC(Oc2ccc(F)cc2Br)C12CCCC2. The van der Waals surface area contributed by atoms with Crippen molar-refractivity contribution in [3.63, 3.8) is 0 Å². The van der Waals surface area contributed by atoms with Crippen molar-refractivity contribution in [2.75, 3.05) is 6.54 Å². The second kappa shape index (κ2) is 6.25. The zero-order chi connectivity index (χ0) is 14.9. The topological polar surface area (TPSA) is 21.3 Å². The van der Waals surface area contributed by atoms with Gasteiger partial charge in [0.25, 0.3) is 0 Å². The van der Waals surface area contributed by atoms with Crippen LogP contribution in [0.15, 0.2) is 22.7 Å². The van der Waals surface area contributed by atoms with Gasteiger partial charge in [-0.05, 0) is 59.9 Å². The van der Waals surface area contributed by atoms with Crippen LogP contribution in [0.3, 0.4) is 0 Å². The molecule has 2 saturated carbocycles. The zero-order valence-corrected chi connectivity index (χ0v) is 14.1. The normalized spacial score (nSPS) is 26.8. The van der Waals surface area contributed by atoms with Crippen LogP contribution in [0.5, 0.6) is 5.75 Å². The zero-order valence-electron chi connectivity index (χ0n) is 12.5. The van der Waals surface area contributed by atoms with Crippen molar-refractivity contribution in [2.24, 2.45) is 5.41 Å². The highest BCUT2D eigenvalue weighted by molar-refractivity contribution is 9.10. The van der Waals surface area contributed by atoms with E-state index in [-0.39, 0.29) is 11.9 Å². The number of halogens is 2. The van der Waals surface area contributed by atoms with E-state index in [0.717, 1.165) is 18.7 Å². The maximum atomic E-state index is 13.2. The number of benzene rings is 1. The Morgan fingerprint density at radius 1 is 1.38 bits per heavy atom. The fourth-order valence-corrected chi connectivity index (χ4v) is 4.39. The Hall–Kier alpha value is -0.610. The highest BCUT2D eigenvalue weighted by Crippen LogP contribution is 2.55. The van der Waals surface area contributed by atoms with E-state index in [4.69, 9.17) is 4.74 Å². The molecule has 2 unspecified atom stereocenters. The summed E-state index contributed by atoms with van der Waals surface area (Å²) in [7, 11) is 0. The van der Waals surface area contributed by atoms with Crippen LogP contribution in [-0.4, -0.2) is 18.7 Å². The van der Waals surface area contributed by atoms with E-state index in [1.165, 1.54) is 44.2 Å². The molecule has 3 rings (SSSR count). The molecule has 0 bridgehead atoms. The lowest BCUT2D eigenvalue weighted by Crippen LogP contribution is -2.63. The van der Waals surface area contributed by atoms with Gasteiger partial charge in [-0.25, -0.2) is 4.39 Å². The first-order chi connectivity index (χ1) is 10.2. The van der Waals surface area contributed by atoms with E-state index in [0.29, 0.717) is 15.9 Å². The van der Waals surface area contributed by atoms with Gasteiger partial charge in [0.15, 0.2) is 0 Å². The van der Waals surface area contributed by atoms with Crippen molar-refractivity contribution >= 4 is 15.9 Å². The summed E-state index contributed by atoms with van der Waals surface area (Å²) in [6.07, 6.45) is 7.58. The van der Waals surface area contributed by atoms with Crippen LogP contribution in [0.4, 0.5) is 4.39 Å². The molecule has 1 aromatic rings. The van der Waals surface area contributed by atoms with Crippen LogP contribution in [0, 0.1) is 11.2 Å². The molecule has 4 heteroatoms. The maximum Gasteiger partial charge on any atom is 0.134 e. The van der Waals surface area contributed by atoms with Crippen molar-refractivity contribution in [1.82, 2.24) is 5.32 Å². The van der Waals surface area contributed by atoms with Gasteiger partial charge in [0.2, 0.25) is 0 Å². The lowest BCUT2D eigenvalue weighted by Gasteiger charge is -2.54. The van der Waals surface area contributed by atoms with Crippen LogP contribution in [0.1, 0.15) is 45.4 Å². The van der Waals surface area contributed by atoms with Gasteiger partial charge < -0.3 is 10.1 Å². The molecular weight excluding hydrogens is 333 g/mol. The third-order valence-corrected chi connectivity index (χ3v) is 5.74. The molecule has 1 spiro atoms. The number of nitrogens with one attached hydrogen (secondary N) is 1. The molecule has 0 aliphatic heterocycles. The maximum absolute atomic E-state index is 13.2. The average molecular weight is 356 g/mol. The summed E-state index contributed by atoms with van der Waals surface area (Å²) >= 11 is 3.40. The Bertz CT molecular complexity index is 502. The summed E-state index contributed by atoms with van der Waals surface area (Å²) in [4.78, 5) is 0. The fourth-order valence-electron chi connectivity index (χ4n) is 3.95. The van der Waals surface area contributed by atoms with Crippen molar-refractivity contribution in [3.05, 3.63) is 28.5 Å². The number of hydrogen-bond acceptors (Lipinski definition) is 2. The summed E-state index contributed by atoms with van der Waals surface area (Å²) in [5.74, 6) is 0.530. The van der Waals surface area contributed by atoms with E-state index in [9.17, 15) is 4.39 Å². The van der Waals surface area contributed by atoms with Gasteiger partial charge in [0.05, 0.1) is 4.47 Å². The Balaban J connectivity index is 1.71. The van der Waals surface area contributed by atoms with E-state index >= 15 is 0 Å². The van der Waals surface area contributed by atoms with Crippen LogP contribution in [0.25, 0.3) is 0 Å². The molecule has 1 aromatic carbocycles. The molecule has 116 valence electrons. The van der Waals surface area contributed by atoms with Gasteiger partial charge in [-0.1, -0.05) is 19.8 Å². The first-order valence-corrected chi connectivity index (χ1v) is 8.80. The fraction of sp³-hybridized carbons (Fsp3) is 0.647. The van der Waals surface area contributed by atoms with E-state index in [1.54, 1.807) is 6.07 Å². The molecule has 0 heterocycles. The predicted octanol–water partition coefficient (Wildman–Crippen LogP) is 4.67.